The van der Waals surface area contributed by atoms with Crippen LogP contribution in [-0.4, -0.2) is 23.3 Å². The maximum atomic E-state index is 12.0. The third-order valence-electron chi connectivity index (χ3n) is 4.52. The number of hydrogen-bond donors (Lipinski definition) is 0. The van der Waals surface area contributed by atoms with Crippen LogP contribution in [0.15, 0.2) is 59.0 Å². The van der Waals surface area contributed by atoms with Gasteiger partial charge in [-0.25, -0.2) is 14.8 Å². The molecule has 1 aliphatic heterocycles. The van der Waals surface area contributed by atoms with Crippen molar-refractivity contribution in [2.24, 2.45) is 5.10 Å². The third-order valence-corrected chi connectivity index (χ3v) is 5.85. The van der Waals surface area contributed by atoms with Crippen molar-refractivity contribution < 1.29 is 9.53 Å². The fraction of sp³-hybridized carbons (Fsp3) is 0.190. The van der Waals surface area contributed by atoms with E-state index >= 15 is 0 Å². The summed E-state index contributed by atoms with van der Waals surface area (Å²) in [7, 11) is 0. The molecule has 1 aromatic heterocycles. The van der Waals surface area contributed by atoms with Crippen LogP contribution < -0.4 is 5.01 Å². The summed E-state index contributed by atoms with van der Waals surface area (Å²) < 4.78 is 5.05. The van der Waals surface area contributed by atoms with Gasteiger partial charge in [-0.05, 0) is 42.3 Å². The summed E-state index contributed by atoms with van der Waals surface area (Å²) in [5.41, 5.74) is 3.28. The number of hydrogen-bond acceptors (Lipinski definition) is 6. The monoisotopic (exact) mass is 445 g/mol. The van der Waals surface area contributed by atoms with Crippen molar-refractivity contribution in [3.63, 3.8) is 0 Å². The molecule has 0 aliphatic carbocycles. The van der Waals surface area contributed by atoms with Gasteiger partial charge in [0, 0.05) is 21.8 Å². The summed E-state index contributed by atoms with van der Waals surface area (Å²) in [6.07, 6.45) is 0.692. The number of carbonyl (C=O) groups is 1. The summed E-state index contributed by atoms with van der Waals surface area (Å²) in [5.74, 6) is -0.431. The number of ether oxygens (including phenoxy) is 1. The Kier molecular flexibility index (Phi) is 5.85. The molecule has 2 aromatic carbocycles. The lowest BCUT2D eigenvalue weighted by atomic mass is 9.99. The van der Waals surface area contributed by atoms with Gasteiger partial charge in [0.1, 0.15) is 0 Å². The minimum atomic E-state index is -0.431. The van der Waals surface area contributed by atoms with Crippen LogP contribution in [0.3, 0.4) is 0 Å². The molecule has 1 atom stereocenters. The molecule has 8 heteroatoms. The van der Waals surface area contributed by atoms with Gasteiger partial charge in [0.05, 0.1) is 18.4 Å². The number of anilines is 1. The van der Waals surface area contributed by atoms with Crippen molar-refractivity contribution >= 4 is 51.4 Å². The first-order valence-electron chi connectivity index (χ1n) is 9.06. The minimum absolute atomic E-state index is 0.0564. The van der Waals surface area contributed by atoms with E-state index in [1.807, 2.05) is 53.5 Å². The normalized spacial score (nSPS) is 16.0. The lowest BCUT2D eigenvalue weighted by Crippen LogP contribution is -2.18. The molecule has 0 fully saturated rings. The van der Waals surface area contributed by atoms with Crippen molar-refractivity contribution in [2.45, 2.75) is 19.4 Å². The summed E-state index contributed by atoms with van der Waals surface area (Å²) in [5, 5.41) is 10.4. The van der Waals surface area contributed by atoms with E-state index in [0.717, 1.165) is 16.8 Å². The predicted molar refractivity (Wildman–Crippen MR) is 117 cm³/mol. The second-order valence-electron chi connectivity index (χ2n) is 6.41. The van der Waals surface area contributed by atoms with Crippen molar-refractivity contribution in [1.82, 2.24) is 4.98 Å². The topological polar surface area (TPSA) is 54.8 Å². The summed E-state index contributed by atoms with van der Waals surface area (Å²) in [6.45, 7) is 2.08. The molecular formula is C21H17Cl2N3O2S. The van der Waals surface area contributed by atoms with Gasteiger partial charge in [-0.3, -0.25) is 0 Å². The number of nitrogens with zero attached hydrogens (tertiary/aromatic N) is 3. The largest absolute Gasteiger partial charge is 0.461 e. The fourth-order valence-corrected chi connectivity index (χ4v) is 4.16. The van der Waals surface area contributed by atoms with Gasteiger partial charge in [-0.15, -0.1) is 11.3 Å². The summed E-state index contributed by atoms with van der Waals surface area (Å²) >= 11 is 13.5. The third kappa shape index (κ3) is 4.29. The van der Waals surface area contributed by atoms with Crippen LogP contribution in [0.4, 0.5) is 5.13 Å². The van der Waals surface area contributed by atoms with E-state index in [2.05, 4.69) is 4.98 Å². The second-order valence-corrected chi connectivity index (χ2v) is 8.11. The Morgan fingerprint density at radius 1 is 1.14 bits per heavy atom. The molecule has 0 saturated heterocycles. The molecule has 3 aromatic rings. The summed E-state index contributed by atoms with van der Waals surface area (Å²) in [4.78, 5) is 16.5. The van der Waals surface area contributed by atoms with Gasteiger partial charge in [0.2, 0.25) is 5.13 Å². The van der Waals surface area contributed by atoms with Gasteiger partial charge in [0.15, 0.2) is 5.69 Å². The highest BCUT2D eigenvalue weighted by Crippen LogP contribution is 2.38. The van der Waals surface area contributed by atoms with Crippen LogP contribution in [-0.2, 0) is 4.74 Å². The Morgan fingerprint density at radius 2 is 1.79 bits per heavy atom. The zero-order valence-corrected chi connectivity index (χ0v) is 17.8. The van der Waals surface area contributed by atoms with Gasteiger partial charge in [-0.2, -0.15) is 5.10 Å². The first-order chi connectivity index (χ1) is 14.0. The number of rotatable bonds is 5. The molecule has 0 unspecified atom stereocenters. The highest BCUT2D eigenvalue weighted by atomic mass is 35.5. The second kappa shape index (κ2) is 8.53. The van der Waals surface area contributed by atoms with E-state index in [9.17, 15) is 4.79 Å². The molecule has 1 aliphatic rings. The van der Waals surface area contributed by atoms with Crippen LogP contribution in [0.1, 0.15) is 41.0 Å². The molecule has 0 N–H and O–H groups in total. The zero-order chi connectivity index (χ0) is 20.4. The van der Waals surface area contributed by atoms with Gasteiger partial charge < -0.3 is 4.74 Å². The number of thiazole rings is 1. The Bertz CT molecular complexity index is 1050. The van der Waals surface area contributed by atoms with Crippen molar-refractivity contribution in [1.29, 1.82) is 0 Å². The van der Waals surface area contributed by atoms with E-state index in [1.54, 1.807) is 12.3 Å². The Labute approximate surface area is 182 Å². The van der Waals surface area contributed by atoms with E-state index in [-0.39, 0.29) is 11.7 Å². The molecule has 0 spiro atoms. The smallest absolute Gasteiger partial charge is 0.357 e. The Hall–Kier alpha value is -2.41. The Morgan fingerprint density at radius 3 is 2.45 bits per heavy atom. The molecule has 29 heavy (non-hydrogen) atoms. The number of benzene rings is 2. The van der Waals surface area contributed by atoms with E-state index in [4.69, 9.17) is 33.0 Å². The molecule has 0 radical (unpaired) electrons. The number of hydrazone groups is 1. The average molecular weight is 446 g/mol. The lowest BCUT2D eigenvalue weighted by Gasteiger charge is -2.21. The maximum Gasteiger partial charge on any atom is 0.357 e. The van der Waals surface area contributed by atoms with E-state index < -0.39 is 5.97 Å². The van der Waals surface area contributed by atoms with Crippen LogP contribution in [0.5, 0.6) is 0 Å². The molecule has 5 nitrogen and oxygen atoms in total. The summed E-state index contributed by atoms with van der Waals surface area (Å²) in [6, 6.07) is 15.2. The molecule has 0 amide bonds. The van der Waals surface area contributed by atoms with Crippen LogP contribution in [0.2, 0.25) is 10.0 Å². The zero-order valence-electron chi connectivity index (χ0n) is 15.5. The van der Waals surface area contributed by atoms with Crippen molar-refractivity contribution in [3.8, 4) is 0 Å². The molecule has 4 rings (SSSR count). The standard InChI is InChI=1S/C21H17Cl2N3O2S/c1-2-28-20(27)18-12-29-21(24-18)26-19(14-5-9-16(23)10-6-14)11-17(25-26)13-3-7-15(22)8-4-13/h3-10,12,19H,2,11H2,1H3/t19-/m0/s1. The maximum absolute atomic E-state index is 12.0. The number of aromatic nitrogens is 1. The minimum Gasteiger partial charge on any atom is -0.461 e. The number of halogens is 2. The highest BCUT2D eigenvalue weighted by molar-refractivity contribution is 7.13. The SMILES string of the molecule is CCOC(=O)c1csc(N2N=C(c3ccc(Cl)cc3)C[C@H]2c2ccc(Cl)cc2)n1. The van der Waals surface area contributed by atoms with Crippen LogP contribution in [0.25, 0.3) is 0 Å². The predicted octanol–water partition coefficient (Wildman–Crippen LogP) is 5.98. The number of carbonyl (C=O) groups excluding carboxylic acids is 1. The first-order valence-corrected chi connectivity index (χ1v) is 10.7. The quantitative estimate of drug-likeness (QED) is 0.453. The molecular weight excluding hydrogens is 429 g/mol. The lowest BCUT2D eigenvalue weighted by molar-refractivity contribution is 0.0520. The van der Waals surface area contributed by atoms with Gasteiger partial charge >= 0.3 is 5.97 Å². The van der Waals surface area contributed by atoms with Crippen LogP contribution >= 0.6 is 34.5 Å². The Balaban J connectivity index is 1.70. The van der Waals surface area contributed by atoms with Crippen molar-refractivity contribution in [2.75, 3.05) is 11.6 Å². The highest BCUT2D eigenvalue weighted by Gasteiger charge is 2.32. The van der Waals surface area contributed by atoms with E-state index in [0.29, 0.717) is 28.2 Å². The average Bonchev–Trinajstić information content (AvgIpc) is 3.37. The molecule has 148 valence electrons. The molecule has 0 saturated carbocycles. The van der Waals surface area contributed by atoms with Gasteiger partial charge in [0.25, 0.3) is 0 Å². The first kappa shape index (κ1) is 19.9. The fourth-order valence-electron chi connectivity index (χ4n) is 3.12. The van der Waals surface area contributed by atoms with Crippen LogP contribution in [0, 0.1) is 0 Å². The van der Waals surface area contributed by atoms with E-state index in [1.165, 1.54) is 11.3 Å². The van der Waals surface area contributed by atoms with Crippen molar-refractivity contribution in [3.05, 3.63) is 80.8 Å². The molecule has 2 heterocycles. The molecule has 0 bridgehead atoms. The number of esters is 1. The van der Waals surface area contributed by atoms with Gasteiger partial charge in [-0.1, -0.05) is 47.5 Å².